The molecular weight excluding hydrogens is 268 g/mol. The van der Waals surface area contributed by atoms with Crippen molar-refractivity contribution in [3.05, 3.63) is 0 Å². The molecule has 2 aliphatic rings. The van der Waals surface area contributed by atoms with Gasteiger partial charge >= 0.3 is 0 Å². The fourth-order valence-electron chi connectivity index (χ4n) is 4.56. The van der Waals surface area contributed by atoms with Crippen LogP contribution < -0.4 is 0 Å². The van der Waals surface area contributed by atoms with Gasteiger partial charge in [-0.3, -0.25) is 0 Å². The van der Waals surface area contributed by atoms with Gasteiger partial charge in [0.2, 0.25) is 0 Å². The van der Waals surface area contributed by atoms with Gasteiger partial charge in [-0.2, -0.15) is 0 Å². The number of hydrogen-bond acceptors (Lipinski definition) is 2. The van der Waals surface area contributed by atoms with Crippen molar-refractivity contribution >= 4 is 0 Å². The fourth-order valence-corrected chi connectivity index (χ4v) is 4.56. The van der Waals surface area contributed by atoms with E-state index < -0.39 is 0 Å². The summed E-state index contributed by atoms with van der Waals surface area (Å²) in [5.74, 6) is 3.33. The van der Waals surface area contributed by atoms with Gasteiger partial charge in [0.05, 0.1) is 0 Å². The van der Waals surface area contributed by atoms with Crippen LogP contribution in [0.5, 0.6) is 0 Å². The summed E-state index contributed by atoms with van der Waals surface area (Å²) in [7, 11) is 0. The van der Waals surface area contributed by atoms with Crippen molar-refractivity contribution in [3.63, 3.8) is 0 Å². The first-order valence-corrected chi connectivity index (χ1v) is 10.0. The second kappa shape index (κ2) is 9.27. The largest absolute Gasteiger partial charge is 0.303 e. The van der Waals surface area contributed by atoms with E-state index in [-0.39, 0.29) is 0 Å². The van der Waals surface area contributed by atoms with Crippen LogP contribution in [-0.2, 0) is 0 Å². The molecule has 0 N–H and O–H groups in total. The summed E-state index contributed by atoms with van der Waals surface area (Å²) < 4.78 is 0. The molecule has 2 atom stereocenters. The molecule has 0 bridgehead atoms. The topological polar surface area (TPSA) is 6.48 Å². The zero-order valence-corrected chi connectivity index (χ0v) is 15.7. The Morgan fingerprint density at radius 3 is 1.14 bits per heavy atom. The van der Waals surface area contributed by atoms with Crippen LogP contribution in [0.2, 0.25) is 0 Å². The van der Waals surface area contributed by atoms with Gasteiger partial charge in [0.15, 0.2) is 0 Å². The van der Waals surface area contributed by atoms with Gasteiger partial charge < -0.3 is 9.80 Å². The van der Waals surface area contributed by atoms with Crippen molar-refractivity contribution in [2.45, 2.75) is 66.2 Å². The van der Waals surface area contributed by atoms with Crippen LogP contribution in [0.1, 0.15) is 66.2 Å². The molecule has 2 nitrogen and oxygen atoms in total. The quantitative estimate of drug-likeness (QED) is 0.683. The lowest BCUT2D eigenvalue weighted by Gasteiger charge is -2.41. The average molecular weight is 309 g/mol. The molecule has 2 heteroatoms. The van der Waals surface area contributed by atoms with E-state index in [1.165, 1.54) is 77.8 Å². The molecule has 0 aliphatic carbocycles. The highest BCUT2D eigenvalue weighted by Gasteiger charge is 2.31. The van der Waals surface area contributed by atoms with Gasteiger partial charge in [-0.25, -0.2) is 0 Å². The van der Waals surface area contributed by atoms with Crippen LogP contribution in [0.4, 0.5) is 0 Å². The average Bonchev–Trinajstić information content (AvgIpc) is 2.52. The van der Waals surface area contributed by atoms with Crippen LogP contribution in [-0.4, -0.2) is 49.1 Å². The SMILES string of the molecule is CC(C)[C@H](CN1CCCCC1)[C@@H](CN1CCCCC1)C(C)C. The summed E-state index contributed by atoms with van der Waals surface area (Å²) in [6, 6.07) is 0. The van der Waals surface area contributed by atoms with Crippen molar-refractivity contribution in [1.29, 1.82) is 0 Å². The Balaban J connectivity index is 1.96. The molecule has 2 rings (SSSR count). The van der Waals surface area contributed by atoms with E-state index in [4.69, 9.17) is 0 Å². The fraction of sp³-hybridized carbons (Fsp3) is 1.00. The highest BCUT2D eigenvalue weighted by atomic mass is 15.1. The van der Waals surface area contributed by atoms with E-state index >= 15 is 0 Å². The summed E-state index contributed by atoms with van der Waals surface area (Å²) in [4.78, 5) is 5.53. The maximum Gasteiger partial charge on any atom is 0.00153 e. The lowest BCUT2D eigenvalue weighted by atomic mass is 9.76. The molecular formula is C20H40N2. The maximum atomic E-state index is 2.76. The van der Waals surface area contributed by atoms with Crippen molar-refractivity contribution in [2.24, 2.45) is 23.7 Å². The predicted molar refractivity (Wildman–Crippen MR) is 97.2 cm³/mol. The Labute approximate surface area is 139 Å². The summed E-state index contributed by atoms with van der Waals surface area (Å²) in [6.45, 7) is 17.9. The van der Waals surface area contributed by atoms with Crippen molar-refractivity contribution < 1.29 is 0 Å². The van der Waals surface area contributed by atoms with Crippen molar-refractivity contribution in [3.8, 4) is 0 Å². The third-order valence-corrected chi connectivity index (χ3v) is 6.10. The van der Waals surface area contributed by atoms with E-state index in [1.54, 1.807) is 0 Å². The van der Waals surface area contributed by atoms with E-state index in [0.29, 0.717) is 0 Å². The molecule has 0 aromatic carbocycles. The molecule has 0 amide bonds. The highest BCUT2D eigenvalue weighted by molar-refractivity contribution is 4.83. The van der Waals surface area contributed by atoms with E-state index in [2.05, 4.69) is 37.5 Å². The Hall–Kier alpha value is -0.0800. The highest BCUT2D eigenvalue weighted by Crippen LogP contribution is 2.31. The summed E-state index contributed by atoms with van der Waals surface area (Å²) in [5, 5.41) is 0. The summed E-state index contributed by atoms with van der Waals surface area (Å²) in [5.41, 5.74) is 0. The maximum absolute atomic E-state index is 2.76. The first-order valence-electron chi connectivity index (χ1n) is 10.0. The molecule has 130 valence electrons. The minimum Gasteiger partial charge on any atom is -0.303 e. The third kappa shape index (κ3) is 5.53. The van der Waals surface area contributed by atoms with Crippen molar-refractivity contribution in [2.75, 3.05) is 39.3 Å². The molecule has 0 spiro atoms. The third-order valence-electron chi connectivity index (χ3n) is 6.10. The standard InChI is InChI=1S/C20H40N2/c1-17(2)19(15-21-11-7-5-8-12-21)20(18(3)4)16-22-13-9-6-10-14-22/h17-20H,5-16H2,1-4H3/t19-,20-/m0/s1. The molecule has 2 aliphatic heterocycles. The molecule has 0 radical (unpaired) electrons. The smallest absolute Gasteiger partial charge is 0.00153 e. The van der Waals surface area contributed by atoms with Crippen LogP contribution in [0.25, 0.3) is 0 Å². The Bertz CT molecular complexity index is 258. The predicted octanol–water partition coefficient (Wildman–Crippen LogP) is 4.50. The molecule has 2 heterocycles. The lowest BCUT2D eigenvalue weighted by molar-refractivity contribution is 0.0759. The number of likely N-dealkylation sites (tertiary alicyclic amines) is 2. The Kier molecular flexibility index (Phi) is 7.70. The zero-order valence-electron chi connectivity index (χ0n) is 15.7. The molecule has 0 aromatic heterocycles. The molecule has 2 saturated heterocycles. The van der Waals surface area contributed by atoms with Gasteiger partial charge in [0, 0.05) is 13.1 Å². The molecule has 0 saturated carbocycles. The second-order valence-corrected chi connectivity index (χ2v) is 8.54. The van der Waals surface area contributed by atoms with E-state index in [9.17, 15) is 0 Å². The van der Waals surface area contributed by atoms with Crippen LogP contribution >= 0.6 is 0 Å². The first-order chi connectivity index (χ1) is 10.6. The molecule has 2 fully saturated rings. The van der Waals surface area contributed by atoms with Crippen LogP contribution in [0, 0.1) is 23.7 Å². The number of piperidine rings is 2. The van der Waals surface area contributed by atoms with Gasteiger partial charge in [-0.1, -0.05) is 40.5 Å². The first kappa shape index (κ1) is 18.3. The molecule has 0 unspecified atom stereocenters. The van der Waals surface area contributed by atoms with E-state index in [0.717, 1.165) is 23.7 Å². The van der Waals surface area contributed by atoms with Crippen LogP contribution in [0.15, 0.2) is 0 Å². The van der Waals surface area contributed by atoms with E-state index in [1.807, 2.05) is 0 Å². The minimum absolute atomic E-state index is 0.805. The Morgan fingerprint density at radius 2 is 0.864 bits per heavy atom. The molecule has 0 aromatic rings. The van der Waals surface area contributed by atoms with Gasteiger partial charge in [-0.05, 0) is 75.5 Å². The van der Waals surface area contributed by atoms with Gasteiger partial charge in [-0.15, -0.1) is 0 Å². The Morgan fingerprint density at radius 1 is 0.545 bits per heavy atom. The van der Waals surface area contributed by atoms with Crippen molar-refractivity contribution in [1.82, 2.24) is 9.80 Å². The number of hydrogen-bond donors (Lipinski definition) is 0. The summed E-state index contributed by atoms with van der Waals surface area (Å²) in [6.07, 6.45) is 8.58. The second-order valence-electron chi connectivity index (χ2n) is 8.54. The lowest BCUT2D eigenvalue weighted by Crippen LogP contribution is -2.44. The normalized spacial score (nSPS) is 24.8. The number of rotatable bonds is 7. The van der Waals surface area contributed by atoms with Gasteiger partial charge in [0.25, 0.3) is 0 Å². The number of nitrogens with zero attached hydrogens (tertiary/aromatic N) is 2. The van der Waals surface area contributed by atoms with Crippen LogP contribution in [0.3, 0.4) is 0 Å². The minimum atomic E-state index is 0.805. The molecule has 22 heavy (non-hydrogen) atoms. The monoisotopic (exact) mass is 308 g/mol. The zero-order chi connectivity index (χ0) is 15.9. The summed E-state index contributed by atoms with van der Waals surface area (Å²) >= 11 is 0. The van der Waals surface area contributed by atoms with Gasteiger partial charge in [0.1, 0.15) is 0 Å².